The van der Waals surface area contributed by atoms with Gasteiger partial charge >= 0.3 is 17.2 Å². The average molecular weight is 232 g/mol. The van der Waals surface area contributed by atoms with Gasteiger partial charge in [-0.25, -0.2) is 0 Å². The Morgan fingerprint density at radius 2 is 1.08 bits per heavy atom. The third-order valence-corrected chi connectivity index (χ3v) is 2.03. The van der Waals surface area contributed by atoms with Crippen LogP contribution >= 0.6 is 17.2 Å². The van der Waals surface area contributed by atoms with Gasteiger partial charge in [-0.2, -0.15) is 0 Å². The first-order valence-corrected chi connectivity index (χ1v) is 6.07. The molecular formula is C5H14O6P2. The van der Waals surface area contributed by atoms with Crippen molar-refractivity contribution in [3.63, 3.8) is 0 Å². The maximum Gasteiger partial charge on any atom is 0.327 e. The van der Waals surface area contributed by atoms with E-state index in [9.17, 15) is 0 Å². The summed E-state index contributed by atoms with van der Waals surface area (Å²) in [7, 11) is -4.49. The largest absolute Gasteiger partial charge is 0.328 e. The van der Waals surface area contributed by atoms with Crippen molar-refractivity contribution < 1.29 is 28.6 Å². The Kier molecular flexibility index (Phi) is 9.62. The van der Waals surface area contributed by atoms with Crippen molar-refractivity contribution in [3.8, 4) is 0 Å². The first-order chi connectivity index (χ1) is 6.13. The molecule has 0 aliphatic heterocycles. The standard InChI is InChI=1S/C5H14O6P2/c6-12(7)10-4-2-1-3-5-11-13(8)9/h6-9H,1-5H2. The molecule has 13 heavy (non-hydrogen) atoms. The number of rotatable bonds is 8. The molecule has 0 spiro atoms. The Hall–Kier alpha value is 0.620. The molecule has 4 N–H and O–H groups in total. The molecule has 0 saturated carbocycles. The highest BCUT2D eigenvalue weighted by Crippen LogP contribution is 2.25. The van der Waals surface area contributed by atoms with Gasteiger partial charge in [0.1, 0.15) is 0 Å². The van der Waals surface area contributed by atoms with Gasteiger partial charge in [-0.3, -0.25) is 0 Å². The molecule has 0 heterocycles. The Balaban J connectivity index is 2.92. The summed E-state index contributed by atoms with van der Waals surface area (Å²) in [5.41, 5.74) is 0. The summed E-state index contributed by atoms with van der Waals surface area (Å²) in [4.78, 5) is 33.4. The van der Waals surface area contributed by atoms with Gasteiger partial charge in [0.25, 0.3) is 0 Å². The lowest BCUT2D eigenvalue weighted by Crippen LogP contribution is -1.93. The third-order valence-electron chi connectivity index (χ3n) is 1.20. The molecule has 0 rings (SSSR count). The fraction of sp³-hybridized carbons (Fsp3) is 1.00. The van der Waals surface area contributed by atoms with Crippen LogP contribution in [0.1, 0.15) is 19.3 Å². The van der Waals surface area contributed by atoms with Crippen LogP contribution in [0.5, 0.6) is 0 Å². The molecule has 0 aromatic heterocycles. The molecule has 6 nitrogen and oxygen atoms in total. The first kappa shape index (κ1) is 13.6. The van der Waals surface area contributed by atoms with Crippen LogP contribution in [-0.2, 0) is 9.05 Å². The number of hydrogen-bond donors (Lipinski definition) is 4. The van der Waals surface area contributed by atoms with Crippen molar-refractivity contribution in [1.29, 1.82) is 0 Å². The molecule has 0 aromatic carbocycles. The van der Waals surface area contributed by atoms with Crippen LogP contribution in [0.25, 0.3) is 0 Å². The van der Waals surface area contributed by atoms with E-state index in [-0.39, 0.29) is 0 Å². The molecule has 0 aliphatic carbocycles. The van der Waals surface area contributed by atoms with E-state index in [1.54, 1.807) is 0 Å². The van der Waals surface area contributed by atoms with Gasteiger partial charge in [-0.05, 0) is 19.3 Å². The van der Waals surface area contributed by atoms with Crippen LogP contribution in [0.2, 0.25) is 0 Å². The molecule has 0 bridgehead atoms. The van der Waals surface area contributed by atoms with E-state index in [2.05, 4.69) is 9.05 Å². The van der Waals surface area contributed by atoms with Gasteiger partial charge in [-0.1, -0.05) is 0 Å². The Bertz CT molecular complexity index is 99.2. The molecule has 8 heteroatoms. The smallest absolute Gasteiger partial charge is 0.327 e. The highest BCUT2D eigenvalue weighted by Gasteiger charge is 1.99. The average Bonchev–Trinajstić information content (AvgIpc) is 2.01. The summed E-state index contributed by atoms with van der Waals surface area (Å²) >= 11 is 0. The molecule has 0 radical (unpaired) electrons. The molecule has 0 unspecified atom stereocenters. The van der Waals surface area contributed by atoms with E-state index >= 15 is 0 Å². The molecule has 80 valence electrons. The summed E-state index contributed by atoms with van der Waals surface area (Å²) in [6, 6.07) is 0. The summed E-state index contributed by atoms with van der Waals surface area (Å²) in [6.07, 6.45) is 2.17. The second kappa shape index (κ2) is 9.19. The van der Waals surface area contributed by atoms with E-state index in [4.69, 9.17) is 19.6 Å². The van der Waals surface area contributed by atoms with Gasteiger partial charge in [0.05, 0.1) is 13.2 Å². The second-order valence-electron chi connectivity index (χ2n) is 2.23. The maximum absolute atomic E-state index is 8.34. The normalized spacial score (nSPS) is 11.5. The van der Waals surface area contributed by atoms with E-state index in [0.29, 0.717) is 26.1 Å². The van der Waals surface area contributed by atoms with Crippen LogP contribution < -0.4 is 0 Å². The van der Waals surface area contributed by atoms with Crippen molar-refractivity contribution in [2.75, 3.05) is 13.2 Å². The molecule has 0 amide bonds. The van der Waals surface area contributed by atoms with Crippen molar-refractivity contribution in [1.82, 2.24) is 0 Å². The third kappa shape index (κ3) is 12.6. The van der Waals surface area contributed by atoms with Crippen LogP contribution in [0.4, 0.5) is 0 Å². The van der Waals surface area contributed by atoms with Gasteiger partial charge in [0.2, 0.25) is 0 Å². The lowest BCUT2D eigenvalue weighted by atomic mass is 10.2. The molecule has 0 aromatic rings. The van der Waals surface area contributed by atoms with Crippen molar-refractivity contribution in [3.05, 3.63) is 0 Å². The summed E-state index contributed by atoms with van der Waals surface area (Å²) in [5, 5.41) is 0. The highest BCUT2D eigenvalue weighted by atomic mass is 31.2. The van der Waals surface area contributed by atoms with Crippen LogP contribution in [0.15, 0.2) is 0 Å². The zero-order valence-corrected chi connectivity index (χ0v) is 8.82. The molecule has 0 saturated heterocycles. The Morgan fingerprint density at radius 3 is 1.38 bits per heavy atom. The summed E-state index contributed by atoms with van der Waals surface area (Å²) < 4.78 is 9.02. The minimum atomic E-state index is -2.24. The summed E-state index contributed by atoms with van der Waals surface area (Å²) in [6.45, 7) is 0.595. The fourth-order valence-corrected chi connectivity index (χ4v) is 1.26. The monoisotopic (exact) mass is 232 g/mol. The van der Waals surface area contributed by atoms with Crippen LogP contribution in [0, 0.1) is 0 Å². The molecule has 0 fully saturated rings. The zero-order valence-electron chi connectivity index (χ0n) is 7.04. The van der Waals surface area contributed by atoms with E-state index in [1.807, 2.05) is 0 Å². The van der Waals surface area contributed by atoms with Crippen molar-refractivity contribution in [2.24, 2.45) is 0 Å². The minimum Gasteiger partial charge on any atom is -0.328 e. The van der Waals surface area contributed by atoms with Crippen molar-refractivity contribution >= 4 is 17.2 Å². The minimum absolute atomic E-state index is 0.297. The highest BCUT2D eigenvalue weighted by molar-refractivity contribution is 7.39. The predicted molar refractivity (Wildman–Crippen MR) is 48.5 cm³/mol. The SMILES string of the molecule is OP(O)OCCCCCOP(O)O. The quantitative estimate of drug-likeness (QED) is 0.361. The molecular weight excluding hydrogens is 218 g/mol. The lowest BCUT2D eigenvalue weighted by Gasteiger charge is -2.04. The molecule has 0 aliphatic rings. The Labute approximate surface area is 79.1 Å². The van der Waals surface area contributed by atoms with E-state index < -0.39 is 17.2 Å². The number of hydrogen-bond acceptors (Lipinski definition) is 6. The van der Waals surface area contributed by atoms with Gasteiger partial charge in [0, 0.05) is 0 Å². The van der Waals surface area contributed by atoms with Crippen LogP contribution in [0.3, 0.4) is 0 Å². The Morgan fingerprint density at radius 1 is 0.692 bits per heavy atom. The number of unbranched alkanes of at least 4 members (excludes halogenated alkanes) is 2. The fourth-order valence-electron chi connectivity index (χ4n) is 0.673. The predicted octanol–water partition coefficient (Wildman–Crippen LogP) is 0.613. The molecule has 0 atom stereocenters. The first-order valence-electron chi connectivity index (χ1n) is 3.74. The van der Waals surface area contributed by atoms with Crippen LogP contribution in [-0.4, -0.2) is 32.8 Å². The zero-order chi connectivity index (χ0) is 10.1. The maximum atomic E-state index is 8.34. The van der Waals surface area contributed by atoms with Crippen molar-refractivity contribution in [2.45, 2.75) is 19.3 Å². The van der Waals surface area contributed by atoms with Gasteiger partial charge < -0.3 is 28.6 Å². The lowest BCUT2D eigenvalue weighted by molar-refractivity contribution is 0.232. The summed E-state index contributed by atoms with van der Waals surface area (Å²) in [5.74, 6) is 0. The van der Waals surface area contributed by atoms with E-state index in [0.717, 1.165) is 6.42 Å². The van der Waals surface area contributed by atoms with Gasteiger partial charge in [-0.15, -0.1) is 0 Å². The van der Waals surface area contributed by atoms with E-state index in [1.165, 1.54) is 0 Å². The second-order valence-corrected chi connectivity index (χ2v) is 3.76. The van der Waals surface area contributed by atoms with Gasteiger partial charge in [0.15, 0.2) is 0 Å². The topological polar surface area (TPSA) is 99.4 Å².